The van der Waals surface area contributed by atoms with Crippen molar-refractivity contribution in [3.05, 3.63) is 95.9 Å². The van der Waals surface area contributed by atoms with Crippen LogP contribution in [0.25, 0.3) is 11.3 Å². The number of benzene rings is 2. The predicted octanol–water partition coefficient (Wildman–Crippen LogP) is 4.51. The second-order valence-electron chi connectivity index (χ2n) is 7.10. The Morgan fingerprint density at radius 1 is 1.03 bits per heavy atom. The molecule has 0 fully saturated rings. The minimum atomic E-state index is -4.00. The van der Waals surface area contributed by atoms with Crippen molar-refractivity contribution in [2.45, 2.75) is 18.4 Å². The van der Waals surface area contributed by atoms with Crippen LogP contribution in [-0.4, -0.2) is 23.4 Å². The standard InChI is InChI=1S/C23H18F2N4O3S/c1-15-4-7-18(8-5-15)33(30,31)29-22-23(32-14-16-3-2-10-26-12-16)28-21(13-27-22)19-9-6-17(24)11-20(19)25/h2-13H,14H2,1H3,(H,27,29). The van der Waals surface area contributed by atoms with E-state index >= 15 is 0 Å². The molecule has 2 aromatic carbocycles. The third-order valence-corrected chi connectivity index (χ3v) is 5.96. The zero-order valence-corrected chi connectivity index (χ0v) is 18.2. The van der Waals surface area contributed by atoms with Crippen molar-refractivity contribution in [2.75, 3.05) is 4.72 Å². The van der Waals surface area contributed by atoms with Crippen molar-refractivity contribution < 1.29 is 21.9 Å². The topological polar surface area (TPSA) is 94.1 Å². The number of nitrogens with zero attached hydrogens (tertiary/aromatic N) is 3. The molecule has 0 spiro atoms. The number of hydrogen-bond donors (Lipinski definition) is 1. The number of ether oxygens (including phenoxy) is 1. The van der Waals surface area contributed by atoms with Crippen LogP contribution in [0.1, 0.15) is 11.1 Å². The number of halogens is 2. The number of nitrogens with one attached hydrogen (secondary N) is 1. The first-order chi connectivity index (χ1) is 15.8. The summed E-state index contributed by atoms with van der Waals surface area (Å²) in [5, 5.41) is 0. The molecule has 33 heavy (non-hydrogen) atoms. The van der Waals surface area contributed by atoms with Crippen LogP contribution in [0.15, 0.2) is 78.1 Å². The summed E-state index contributed by atoms with van der Waals surface area (Å²) in [5.41, 5.74) is 1.64. The molecule has 4 aromatic rings. The SMILES string of the molecule is Cc1ccc(S(=O)(=O)Nc2ncc(-c3ccc(F)cc3F)nc2OCc2cccnc2)cc1. The fourth-order valence-electron chi connectivity index (χ4n) is 2.91. The molecule has 0 atom stereocenters. The third-order valence-electron chi connectivity index (χ3n) is 4.61. The van der Waals surface area contributed by atoms with Gasteiger partial charge in [0.2, 0.25) is 5.82 Å². The highest BCUT2D eigenvalue weighted by atomic mass is 32.2. The van der Waals surface area contributed by atoms with Crippen LogP contribution in [0.3, 0.4) is 0 Å². The van der Waals surface area contributed by atoms with E-state index in [4.69, 9.17) is 4.74 Å². The molecule has 168 valence electrons. The summed E-state index contributed by atoms with van der Waals surface area (Å²) in [6.07, 6.45) is 4.36. The number of rotatable bonds is 7. The molecule has 0 aliphatic carbocycles. The smallest absolute Gasteiger partial charge is 0.263 e. The number of aromatic nitrogens is 3. The fraction of sp³-hybridized carbons (Fsp3) is 0.0870. The Labute approximate surface area is 189 Å². The van der Waals surface area contributed by atoms with Gasteiger partial charge in [0.15, 0.2) is 0 Å². The van der Waals surface area contributed by atoms with Crippen molar-refractivity contribution >= 4 is 15.8 Å². The van der Waals surface area contributed by atoms with Gasteiger partial charge in [0, 0.05) is 29.6 Å². The normalized spacial score (nSPS) is 11.2. The first kappa shape index (κ1) is 22.3. The first-order valence-corrected chi connectivity index (χ1v) is 11.2. The Morgan fingerprint density at radius 3 is 2.52 bits per heavy atom. The van der Waals surface area contributed by atoms with Crippen LogP contribution in [0, 0.1) is 18.6 Å². The van der Waals surface area contributed by atoms with Gasteiger partial charge in [-0.1, -0.05) is 23.8 Å². The van der Waals surface area contributed by atoms with Crippen molar-refractivity contribution in [3.63, 3.8) is 0 Å². The molecule has 0 radical (unpaired) electrons. The van der Waals surface area contributed by atoms with Crippen molar-refractivity contribution in [1.29, 1.82) is 0 Å². The molecule has 0 aliphatic heterocycles. The van der Waals surface area contributed by atoms with Gasteiger partial charge in [-0.05, 0) is 37.3 Å². The summed E-state index contributed by atoms with van der Waals surface area (Å²) < 4.78 is 61.3. The lowest BCUT2D eigenvalue weighted by molar-refractivity contribution is 0.294. The molecular weight excluding hydrogens is 450 g/mol. The summed E-state index contributed by atoms with van der Waals surface area (Å²) >= 11 is 0. The Bertz CT molecular complexity index is 1380. The Kier molecular flexibility index (Phi) is 6.27. The molecule has 4 rings (SSSR count). The van der Waals surface area contributed by atoms with E-state index in [0.29, 0.717) is 5.56 Å². The molecule has 0 amide bonds. The minimum Gasteiger partial charge on any atom is -0.470 e. The summed E-state index contributed by atoms with van der Waals surface area (Å²) in [6, 6.07) is 12.8. The number of anilines is 1. The number of pyridine rings is 1. The molecule has 7 nitrogen and oxygen atoms in total. The molecule has 10 heteroatoms. The van der Waals surface area contributed by atoms with Crippen LogP contribution in [-0.2, 0) is 16.6 Å². The maximum Gasteiger partial charge on any atom is 0.263 e. The van der Waals surface area contributed by atoms with E-state index in [2.05, 4.69) is 19.7 Å². The lowest BCUT2D eigenvalue weighted by atomic mass is 10.1. The molecule has 0 aliphatic rings. The summed E-state index contributed by atoms with van der Waals surface area (Å²) in [6.45, 7) is 1.85. The Hall–Kier alpha value is -3.92. The Balaban J connectivity index is 1.70. The predicted molar refractivity (Wildman–Crippen MR) is 118 cm³/mol. The van der Waals surface area contributed by atoms with E-state index in [1.807, 2.05) is 6.92 Å². The van der Waals surface area contributed by atoms with Crippen LogP contribution in [0.5, 0.6) is 5.88 Å². The van der Waals surface area contributed by atoms with Crippen molar-refractivity contribution in [3.8, 4) is 17.1 Å². The van der Waals surface area contributed by atoms with Crippen LogP contribution < -0.4 is 9.46 Å². The van der Waals surface area contributed by atoms with E-state index in [9.17, 15) is 17.2 Å². The van der Waals surface area contributed by atoms with E-state index in [1.54, 1.807) is 36.7 Å². The number of hydrogen-bond acceptors (Lipinski definition) is 6. The minimum absolute atomic E-state index is 0.0110. The molecule has 0 saturated heterocycles. The van der Waals surface area contributed by atoms with Gasteiger partial charge in [-0.3, -0.25) is 9.71 Å². The average Bonchev–Trinajstić information content (AvgIpc) is 2.79. The maximum absolute atomic E-state index is 14.3. The molecule has 1 N–H and O–H groups in total. The zero-order valence-electron chi connectivity index (χ0n) is 17.4. The van der Waals surface area contributed by atoms with Gasteiger partial charge >= 0.3 is 0 Å². The van der Waals surface area contributed by atoms with Gasteiger partial charge < -0.3 is 4.74 Å². The summed E-state index contributed by atoms with van der Waals surface area (Å²) in [4.78, 5) is 12.4. The second kappa shape index (κ2) is 9.29. The zero-order chi connectivity index (χ0) is 23.4. The monoisotopic (exact) mass is 468 g/mol. The lowest BCUT2D eigenvalue weighted by Gasteiger charge is -2.14. The largest absolute Gasteiger partial charge is 0.470 e. The van der Waals surface area contributed by atoms with Gasteiger partial charge in [-0.15, -0.1) is 0 Å². The van der Waals surface area contributed by atoms with E-state index in [1.165, 1.54) is 24.4 Å². The van der Waals surface area contributed by atoms with Gasteiger partial charge in [0.1, 0.15) is 18.2 Å². The van der Waals surface area contributed by atoms with E-state index < -0.39 is 21.7 Å². The van der Waals surface area contributed by atoms with Crippen LogP contribution in [0.2, 0.25) is 0 Å². The first-order valence-electron chi connectivity index (χ1n) is 9.75. The average molecular weight is 468 g/mol. The van der Waals surface area contributed by atoms with Gasteiger partial charge in [0.25, 0.3) is 15.9 Å². The molecular formula is C23H18F2N4O3S. The Morgan fingerprint density at radius 2 is 1.82 bits per heavy atom. The second-order valence-corrected chi connectivity index (χ2v) is 8.78. The van der Waals surface area contributed by atoms with E-state index in [-0.39, 0.29) is 34.5 Å². The molecule has 0 saturated carbocycles. The highest BCUT2D eigenvalue weighted by Crippen LogP contribution is 2.29. The summed E-state index contributed by atoms with van der Waals surface area (Å²) in [5.74, 6) is -1.92. The van der Waals surface area contributed by atoms with Crippen molar-refractivity contribution in [2.24, 2.45) is 0 Å². The van der Waals surface area contributed by atoms with Crippen LogP contribution in [0.4, 0.5) is 14.6 Å². The fourth-order valence-corrected chi connectivity index (χ4v) is 3.92. The number of sulfonamides is 1. The highest BCUT2D eigenvalue weighted by molar-refractivity contribution is 7.92. The third kappa shape index (κ3) is 5.29. The molecule has 0 unspecified atom stereocenters. The highest BCUT2D eigenvalue weighted by Gasteiger charge is 2.20. The van der Waals surface area contributed by atoms with E-state index in [0.717, 1.165) is 17.7 Å². The van der Waals surface area contributed by atoms with Crippen LogP contribution >= 0.6 is 0 Å². The quantitative estimate of drug-likeness (QED) is 0.429. The maximum atomic E-state index is 14.3. The molecule has 0 bridgehead atoms. The van der Waals surface area contributed by atoms with Crippen molar-refractivity contribution in [1.82, 2.24) is 15.0 Å². The molecule has 2 aromatic heterocycles. The number of aryl methyl sites for hydroxylation is 1. The summed E-state index contributed by atoms with van der Waals surface area (Å²) in [7, 11) is -4.00. The lowest BCUT2D eigenvalue weighted by Crippen LogP contribution is -2.16. The van der Waals surface area contributed by atoms with Gasteiger partial charge in [-0.25, -0.2) is 27.2 Å². The van der Waals surface area contributed by atoms with Gasteiger partial charge in [-0.2, -0.15) is 0 Å². The molecule has 2 heterocycles. The van der Waals surface area contributed by atoms with Gasteiger partial charge in [0.05, 0.1) is 16.8 Å².